The molecule has 4 aromatic carbocycles. The predicted octanol–water partition coefficient (Wildman–Crippen LogP) is 8.85. The van der Waals surface area contributed by atoms with Gasteiger partial charge >= 0.3 is 0 Å². The van der Waals surface area contributed by atoms with Crippen LogP contribution in [0.3, 0.4) is 0 Å². The molecule has 0 amide bonds. The van der Waals surface area contributed by atoms with E-state index in [1.807, 2.05) is 11.8 Å². The van der Waals surface area contributed by atoms with Crippen LogP contribution in [-0.4, -0.2) is 8.07 Å². The lowest BCUT2D eigenvalue weighted by atomic mass is 9.82. The number of rotatable bonds is 2. The normalized spacial score (nSPS) is 13.5. The number of benzene rings is 4. The van der Waals surface area contributed by atoms with Crippen molar-refractivity contribution in [1.29, 1.82) is 0 Å². The molecule has 0 aliphatic carbocycles. The topological polar surface area (TPSA) is 3.88 Å². The van der Waals surface area contributed by atoms with Crippen molar-refractivity contribution < 1.29 is 4.57 Å². The second-order valence-electron chi connectivity index (χ2n) is 13.3. The molecule has 0 atom stereocenters. The average molecular weight is 521 g/mol. The van der Waals surface area contributed by atoms with Gasteiger partial charge in [-0.05, 0) is 69.8 Å². The van der Waals surface area contributed by atoms with E-state index < -0.39 is 8.07 Å². The molecule has 0 saturated heterocycles. The van der Waals surface area contributed by atoms with Crippen molar-refractivity contribution in [1.82, 2.24) is 0 Å². The number of aryl methyl sites for hydroxylation is 3. The van der Waals surface area contributed by atoms with E-state index in [9.17, 15) is 0 Å². The Balaban J connectivity index is 1.78. The zero-order valence-electron chi connectivity index (χ0n) is 23.8. The Morgan fingerprint density at radius 2 is 1.54 bits per heavy atom. The van der Waals surface area contributed by atoms with Crippen molar-refractivity contribution in [2.45, 2.75) is 70.5 Å². The molecule has 1 aromatic heterocycles. The summed E-state index contributed by atoms with van der Waals surface area (Å²) in [7, 11) is 0.824. The highest BCUT2D eigenvalue weighted by Crippen LogP contribution is 2.54. The fraction of sp³-hybridized carbons (Fsp3) is 0.324. The van der Waals surface area contributed by atoms with Gasteiger partial charge in [0, 0.05) is 15.9 Å². The summed E-state index contributed by atoms with van der Waals surface area (Å²) in [5, 5.41) is 9.88. The summed E-state index contributed by atoms with van der Waals surface area (Å²) in [6.45, 7) is 19.0. The molecule has 0 saturated carbocycles. The quantitative estimate of drug-likeness (QED) is 0.125. The number of hydrogen-bond acceptors (Lipinski definition) is 1. The molecule has 0 radical (unpaired) electrons. The summed E-state index contributed by atoms with van der Waals surface area (Å²) in [5.74, 6) is 0. The SMILES string of the molecule is Cc1ccc2c(CC(C)(C)C)c3c(c(C)c2c1)-c1c2c(c4ccc([Si](C)(C)C)cc4cc2cc[n+]1C)S3. The van der Waals surface area contributed by atoms with Crippen molar-refractivity contribution in [3.63, 3.8) is 0 Å². The van der Waals surface area contributed by atoms with Crippen LogP contribution in [0.5, 0.6) is 0 Å². The van der Waals surface area contributed by atoms with Crippen LogP contribution in [0.15, 0.2) is 64.5 Å². The molecular weight excluding hydrogens is 483 g/mol. The monoisotopic (exact) mass is 520 g/mol. The third-order valence-corrected chi connectivity index (χ3v) is 11.3. The van der Waals surface area contributed by atoms with Gasteiger partial charge in [0.2, 0.25) is 5.69 Å². The van der Waals surface area contributed by atoms with Crippen LogP contribution in [0, 0.1) is 19.3 Å². The van der Waals surface area contributed by atoms with Gasteiger partial charge in [-0.1, -0.05) is 99.3 Å². The van der Waals surface area contributed by atoms with Crippen LogP contribution in [0.1, 0.15) is 37.5 Å². The summed E-state index contributed by atoms with van der Waals surface area (Å²) >= 11 is 2.03. The molecule has 5 aromatic rings. The Bertz CT molecular complexity index is 1770. The fourth-order valence-electron chi connectivity index (χ4n) is 6.10. The van der Waals surface area contributed by atoms with E-state index >= 15 is 0 Å². The summed E-state index contributed by atoms with van der Waals surface area (Å²) in [4.78, 5) is 2.88. The number of pyridine rings is 1. The zero-order valence-corrected chi connectivity index (χ0v) is 25.6. The first-order chi connectivity index (χ1) is 17.3. The van der Waals surface area contributed by atoms with Gasteiger partial charge in [-0.15, -0.1) is 0 Å². The van der Waals surface area contributed by atoms with Gasteiger partial charge in [0.25, 0.3) is 0 Å². The first-order valence-corrected chi connectivity index (χ1v) is 17.8. The van der Waals surface area contributed by atoms with Gasteiger partial charge in [-0.3, -0.25) is 0 Å². The van der Waals surface area contributed by atoms with Crippen molar-refractivity contribution in [3.05, 3.63) is 71.4 Å². The predicted molar refractivity (Wildman–Crippen MR) is 165 cm³/mol. The average Bonchev–Trinajstić information content (AvgIpc) is 2.81. The molecule has 0 bridgehead atoms. The molecule has 37 heavy (non-hydrogen) atoms. The van der Waals surface area contributed by atoms with Crippen molar-refractivity contribution in [3.8, 4) is 11.3 Å². The molecule has 2 heterocycles. The lowest BCUT2D eigenvalue weighted by Gasteiger charge is -2.28. The highest BCUT2D eigenvalue weighted by Gasteiger charge is 2.33. The third kappa shape index (κ3) is 3.94. The van der Waals surface area contributed by atoms with Gasteiger partial charge in [-0.25, -0.2) is 4.57 Å². The maximum atomic E-state index is 2.48. The molecule has 0 fully saturated rings. The van der Waals surface area contributed by atoms with E-state index in [0.717, 1.165) is 6.42 Å². The van der Waals surface area contributed by atoms with Crippen LogP contribution in [0.25, 0.3) is 43.6 Å². The van der Waals surface area contributed by atoms with E-state index in [1.54, 1.807) is 0 Å². The number of hydrogen-bond donors (Lipinski definition) is 0. The zero-order chi connectivity index (χ0) is 26.4. The van der Waals surface area contributed by atoms with Crippen molar-refractivity contribution >= 4 is 57.3 Å². The van der Waals surface area contributed by atoms with Crippen LogP contribution in [0.2, 0.25) is 19.6 Å². The van der Waals surface area contributed by atoms with Crippen LogP contribution in [0.4, 0.5) is 0 Å². The van der Waals surface area contributed by atoms with E-state index in [0.29, 0.717) is 0 Å². The molecule has 188 valence electrons. The minimum Gasteiger partial charge on any atom is -0.200 e. The Kier molecular flexibility index (Phi) is 5.46. The molecule has 1 nitrogen and oxygen atoms in total. The van der Waals surface area contributed by atoms with Gasteiger partial charge in [0.1, 0.15) is 7.05 Å². The molecule has 0 unspecified atom stereocenters. The Morgan fingerprint density at radius 3 is 2.24 bits per heavy atom. The van der Waals surface area contributed by atoms with Crippen molar-refractivity contribution in [2.24, 2.45) is 12.5 Å². The smallest absolute Gasteiger partial charge is 0.200 e. The minimum atomic E-state index is -1.40. The van der Waals surface area contributed by atoms with Crippen LogP contribution >= 0.6 is 11.8 Å². The lowest BCUT2D eigenvalue weighted by molar-refractivity contribution is -0.659. The Hall–Kier alpha value is -2.62. The highest BCUT2D eigenvalue weighted by molar-refractivity contribution is 8.00. The molecule has 3 heteroatoms. The fourth-order valence-corrected chi connectivity index (χ4v) is 8.75. The Morgan fingerprint density at radius 1 is 0.811 bits per heavy atom. The van der Waals surface area contributed by atoms with E-state index in [2.05, 4.69) is 121 Å². The summed E-state index contributed by atoms with van der Waals surface area (Å²) in [6.07, 6.45) is 3.32. The maximum Gasteiger partial charge on any atom is 0.222 e. The molecule has 1 aliphatic heterocycles. The first-order valence-electron chi connectivity index (χ1n) is 13.5. The minimum absolute atomic E-state index is 0.195. The second kappa shape index (κ2) is 8.19. The number of aromatic nitrogens is 1. The Labute approximate surface area is 226 Å². The highest BCUT2D eigenvalue weighted by atomic mass is 32.2. The maximum absolute atomic E-state index is 2.48. The molecule has 1 aliphatic rings. The van der Waals surface area contributed by atoms with Gasteiger partial charge in [0.05, 0.1) is 19.0 Å². The number of nitrogens with zero attached hydrogens (tertiary/aromatic N) is 1. The molecular formula is C34H38NSSi+. The van der Waals surface area contributed by atoms with E-state index in [-0.39, 0.29) is 5.41 Å². The standard InChI is InChI=1S/C34H38NSSi/c1-20-10-12-26-27(16-20)21(2)29-31-30-22(14-15-35(31)6)17-23-18-24(37(7,8)9)11-13-25(23)32(30)36-33(29)28(26)19-34(3,4)5/h10-18H,19H2,1-9H3/q+1. The largest absolute Gasteiger partial charge is 0.222 e. The molecule has 0 spiro atoms. The van der Waals surface area contributed by atoms with Gasteiger partial charge < -0.3 is 0 Å². The lowest BCUT2D eigenvalue weighted by Crippen LogP contribution is -2.37. The second-order valence-corrected chi connectivity index (χ2v) is 19.4. The van der Waals surface area contributed by atoms with Gasteiger partial charge in [0.15, 0.2) is 6.20 Å². The third-order valence-electron chi connectivity index (χ3n) is 7.98. The summed E-state index contributed by atoms with van der Waals surface area (Å²) in [6, 6.07) is 19.1. The first kappa shape index (κ1) is 24.7. The van der Waals surface area contributed by atoms with Crippen LogP contribution in [-0.2, 0) is 13.5 Å². The van der Waals surface area contributed by atoms with E-state index in [1.165, 1.54) is 75.2 Å². The van der Waals surface area contributed by atoms with Crippen molar-refractivity contribution in [2.75, 3.05) is 0 Å². The summed E-state index contributed by atoms with van der Waals surface area (Å²) < 4.78 is 2.36. The molecule has 0 N–H and O–H groups in total. The van der Waals surface area contributed by atoms with E-state index in [4.69, 9.17) is 0 Å². The number of fused-ring (bicyclic) bond motifs is 5. The van der Waals surface area contributed by atoms with Crippen LogP contribution < -0.4 is 9.75 Å². The summed E-state index contributed by atoms with van der Waals surface area (Å²) in [5.41, 5.74) is 7.23. The van der Waals surface area contributed by atoms with Gasteiger partial charge in [-0.2, -0.15) is 0 Å². The molecule has 6 rings (SSSR count).